The number of hydrazone groups is 1. The quantitative estimate of drug-likeness (QED) is 0.337. The van der Waals surface area contributed by atoms with Crippen molar-refractivity contribution in [1.82, 2.24) is 0 Å². The van der Waals surface area contributed by atoms with E-state index in [4.69, 9.17) is 9.47 Å². The van der Waals surface area contributed by atoms with E-state index in [0.717, 1.165) is 5.56 Å². The molecule has 0 aromatic heterocycles. The number of hydrogen-bond acceptors (Lipinski definition) is 6. The maximum Gasteiger partial charge on any atom is 0.269 e. The van der Waals surface area contributed by atoms with E-state index in [9.17, 15) is 14.5 Å². The van der Waals surface area contributed by atoms with Crippen LogP contribution in [0.1, 0.15) is 11.1 Å². The highest BCUT2D eigenvalue weighted by Crippen LogP contribution is 2.28. The molecule has 0 spiro atoms. The molecular weight excluding hydrogens is 377 g/mol. The van der Waals surface area contributed by atoms with Gasteiger partial charge in [-0.2, -0.15) is 5.10 Å². The summed E-state index contributed by atoms with van der Waals surface area (Å²) in [6, 6.07) is 17.6. The minimum atomic E-state index is -0.463. The van der Waals surface area contributed by atoms with Crippen LogP contribution in [0.25, 0.3) is 0 Å². The molecule has 3 aromatic carbocycles. The van der Waals surface area contributed by atoms with E-state index in [1.165, 1.54) is 25.3 Å². The number of non-ortho nitro benzene ring substituents is 1. The molecule has 0 radical (unpaired) electrons. The van der Waals surface area contributed by atoms with Crippen LogP contribution in [0, 0.1) is 15.9 Å². The Hall–Kier alpha value is -3.94. The molecule has 8 heteroatoms. The third-order valence-corrected chi connectivity index (χ3v) is 4.01. The molecule has 3 aromatic rings. The Morgan fingerprint density at radius 2 is 1.86 bits per heavy atom. The van der Waals surface area contributed by atoms with Gasteiger partial charge in [-0.15, -0.1) is 0 Å². The van der Waals surface area contributed by atoms with Crippen molar-refractivity contribution in [3.05, 3.63) is 93.8 Å². The van der Waals surface area contributed by atoms with Gasteiger partial charge in [0.1, 0.15) is 12.4 Å². The van der Waals surface area contributed by atoms with Crippen molar-refractivity contribution in [2.75, 3.05) is 12.5 Å². The van der Waals surface area contributed by atoms with Crippen molar-refractivity contribution in [3.8, 4) is 11.5 Å². The van der Waals surface area contributed by atoms with Crippen LogP contribution in [-0.2, 0) is 6.61 Å². The second-order valence-electron chi connectivity index (χ2n) is 5.96. The van der Waals surface area contributed by atoms with Crippen LogP contribution in [-0.4, -0.2) is 18.2 Å². The van der Waals surface area contributed by atoms with E-state index in [1.54, 1.807) is 54.7 Å². The summed E-state index contributed by atoms with van der Waals surface area (Å²) < 4.78 is 24.7. The number of methoxy groups -OCH3 is 1. The van der Waals surface area contributed by atoms with E-state index in [-0.39, 0.29) is 18.1 Å². The van der Waals surface area contributed by atoms with Crippen LogP contribution in [0.5, 0.6) is 11.5 Å². The second-order valence-corrected chi connectivity index (χ2v) is 5.96. The van der Waals surface area contributed by atoms with Gasteiger partial charge in [-0.05, 0) is 42.0 Å². The van der Waals surface area contributed by atoms with E-state index in [2.05, 4.69) is 10.5 Å². The van der Waals surface area contributed by atoms with Gasteiger partial charge in [-0.25, -0.2) is 4.39 Å². The van der Waals surface area contributed by atoms with Crippen molar-refractivity contribution in [2.45, 2.75) is 6.61 Å². The fraction of sp³-hybridized carbons (Fsp3) is 0.0952. The first-order chi connectivity index (χ1) is 14.1. The van der Waals surface area contributed by atoms with Gasteiger partial charge in [-0.1, -0.05) is 18.2 Å². The summed E-state index contributed by atoms with van der Waals surface area (Å²) in [6.45, 7) is 0.0815. The zero-order valence-electron chi connectivity index (χ0n) is 15.5. The zero-order valence-corrected chi connectivity index (χ0v) is 15.5. The fourth-order valence-corrected chi connectivity index (χ4v) is 2.49. The number of nitro benzene ring substituents is 1. The number of rotatable bonds is 8. The van der Waals surface area contributed by atoms with Crippen molar-refractivity contribution < 1.29 is 18.8 Å². The molecule has 0 heterocycles. The third-order valence-electron chi connectivity index (χ3n) is 4.01. The van der Waals surface area contributed by atoms with Gasteiger partial charge in [0.05, 0.1) is 23.9 Å². The first kappa shape index (κ1) is 19.8. The van der Waals surface area contributed by atoms with Crippen LogP contribution < -0.4 is 14.9 Å². The standard InChI is InChI=1S/C21H18FN3O4/c1-28-21-12-15(13-23-24-17-7-9-18(10-8-17)25(26)27)6-11-20(21)29-14-16-4-2-3-5-19(16)22/h2-13,24H,14H2,1H3/b23-13+. The molecule has 0 saturated heterocycles. The number of ether oxygens (including phenoxy) is 2. The Morgan fingerprint density at radius 1 is 1.10 bits per heavy atom. The number of halogens is 1. The van der Waals surface area contributed by atoms with Crippen molar-refractivity contribution >= 4 is 17.6 Å². The first-order valence-corrected chi connectivity index (χ1v) is 8.64. The summed E-state index contributed by atoms with van der Waals surface area (Å²) in [5, 5.41) is 14.8. The molecule has 0 unspecified atom stereocenters. The van der Waals surface area contributed by atoms with Gasteiger partial charge in [0, 0.05) is 17.7 Å². The number of hydrogen-bond donors (Lipinski definition) is 1. The van der Waals surface area contributed by atoms with E-state index in [0.29, 0.717) is 22.7 Å². The Morgan fingerprint density at radius 3 is 2.55 bits per heavy atom. The lowest BCUT2D eigenvalue weighted by atomic mass is 10.2. The molecule has 7 nitrogen and oxygen atoms in total. The number of benzene rings is 3. The molecule has 0 aliphatic carbocycles. The molecule has 148 valence electrons. The summed E-state index contributed by atoms with van der Waals surface area (Å²) in [5.41, 5.74) is 4.62. The van der Waals surface area contributed by atoms with E-state index >= 15 is 0 Å². The Kier molecular flexibility index (Phi) is 6.36. The molecule has 0 amide bonds. The highest BCUT2D eigenvalue weighted by Gasteiger charge is 2.08. The molecule has 1 N–H and O–H groups in total. The van der Waals surface area contributed by atoms with Crippen LogP contribution in [0.4, 0.5) is 15.8 Å². The molecular formula is C21H18FN3O4. The molecule has 0 aliphatic rings. The largest absolute Gasteiger partial charge is 0.493 e. The zero-order chi connectivity index (χ0) is 20.6. The van der Waals surface area contributed by atoms with Gasteiger partial charge in [0.25, 0.3) is 5.69 Å². The summed E-state index contributed by atoms with van der Waals surface area (Å²) in [7, 11) is 1.52. The van der Waals surface area contributed by atoms with Crippen LogP contribution in [0.15, 0.2) is 71.8 Å². The van der Waals surface area contributed by atoms with Crippen LogP contribution in [0.3, 0.4) is 0 Å². The van der Waals surface area contributed by atoms with Crippen molar-refractivity contribution in [3.63, 3.8) is 0 Å². The topological polar surface area (TPSA) is 86.0 Å². The van der Waals surface area contributed by atoms with Gasteiger partial charge >= 0.3 is 0 Å². The normalized spacial score (nSPS) is 10.7. The number of nitrogens with zero attached hydrogens (tertiary/aromatic N) is 2. The SMILES string of the molecule is COc1cc(/C=N/Nc2ccc([N+](=O)[O-])cc2)ccc1OCc1ccccc1F. The second kappa shape index (κ2) is 9.32. The molecule has 0 aliphatic heterocycles. The lowest BCUT2D eigenvalue weighted by Crippen LogP contribution is -2.00. The summed E-state index contributed by atoms with van der Waals surface area (Å²) in [6.07, 6.45) is 1.57. The van der Waals surface area contributed by atoms with Gasteiger partial charge in [0.15, 0.2) is 11.5 Å². The highest BCUT2D eigenvalue weighted by molar-refractivity contribution is 5.81. The van der Waals surface area contributed by atoms with Crippen molar-refractivity contribution in [2.24, 2.45) is 5.10 Å². The molecule has 0 atom stereocenters. The maximum absolute atomic E-state index is 13.7. The van der Waals surface area contributed by atoms with Crippen molar-refractivity contribution in [1.29, 1.82) is 0 Å². The van der Waals surface area contributed by atoms with Crippen LogP contribution >= 0.6 is 0 Å². The number of nitrogens with one attached hydrogen (secondary N) is 1. The van der Waals surface area contributed by atoms with Crippen LogP contribution in [0.2, 0.25) is 0 Å². The number of anilines is 1. The lowest BCUT2D eigenvalue weighted by Gasteiger charge is -2.11. The predicted molar refractivity (Wildman–Crippen MR) is 108 cm³/mol. The molecule has 29 heavy (non-hydrogen) atoms. The van der Waals surface area contributed by atoms with Gasteiger partial charge in [-0.3, -0.25) is 15.5 Å². The number of nitro groups is 1. The predicted octanol–water partition coefficient (Wildman–Crippen LogP) is 4.77. The maximum atomic E-state index is 13.7. The Balaban J connectivity index is 1.64. The minimum Gasteiger partial charge on any atom is -0.493 e. The summed E-state index contributed by atoms with van der Waals surface area (Å²) >= 11 is 0. The smallest absolute Gasteiger partial charge is 0.269 e. The summed E-state index contributed by atoms with van der Waals surface area (Å²) in [5.74, 6) is 0.643. The average molecular weight is 395 g/mol. The summed E-state index contributed by atoms with van der Waals surface area (Å²) in [4.78, 5) is 10.2. The fourth-order valence-electron chi connectivity index (χ4n) is 2.49. The molecule has 3 rings (SSSR count). The Bertz CT molecular complexity index is 1020. The minimum absolute atomic E-state index is 0.00948. The van der Waals surface area contributed by atoms with Gasteiger partial charge < -0.3 is 9.47 Å². The van der Waals surface area contributed by atoms with Gasteiger partial charge in [0.2, 0.25) is 0 Å². The highest BCUT2D eigenvalue weighted by atomic mass is 19.1. The Labute approximate surface area is 166 Å². The van der Waals surface area contributed by atoms with E-state index < -0.39 is 4.92 Å². The lowest BCUT2D eigenvalue weighted by molar-refractivity contribution is -0.384. The molecule has 0 fully saturated rings. The molecule has 0 saturated carbocycles. The average Bonchev–Trinajstić information content (AvgIpc) is 2.74. The monoisotopic (exact) mass is 395 g/mol. The first-order valence-electron chi connectivity index (χ1n) is 8.64. The third kappa shape index (κ3) is 5.29. The molecule has 0 bridgehead atoms. The van der Waals surface area contributed by atoms with E-state index in [1.807, 2.05) is 0 Å².